The molecule has 0 saturated carbocycles. The minimum absolute atomic E-state index is 0.0307. The van der Waals surface area contributed by atoms with Gasteiger partial charge in [0.2, 0.25) is 5.91 Å². The normalized spacial score (nSPS) is 13.9. The van der Waals surface area contributed by atoms with Gasteiger partial charge in [0.15, 0.2) is 0 Å². The van der Waals surface area contributed by atoms with E-state index in [1.165, 1.54) is 96.3 Å². The molecule has 0 aliphatic rings. The van der Waals surface area contributed by atoms with Gasteiger partial charge in [-0.3, -0.25) is 9.59 Å². The molecule has 0 aliphatic heterocycles. The van der Waals surface area contributed by atoms with E-state index in [4.69, 9.17) is 4.74 Å². The second-order valence-electron chi connectivity index (χ2n) is 17.6. The third kappa shape index (κ3) is 45.4. The topological polar surface area (TPSA) is 95.9 Å². The van der Waals surface area contributed by atoms with Crippen LogP contribution in [-0.4, -0.2) is 46.9 Å². The maximum Gasteiger partial charge on any atom is 0.306 e. The first-order valence-corrected chi connectivity index (χ1v) is 26.3. The molecule has 3 atom stereocenters. The van der Waals surface area contributed by atoms with Crippen molar-refractivity contribution in [3.05, 3.63) is 85.1 Å². The van der Waals surface area contributed by atoms with Crippen molar-refractivity contribution in [1.29, 1.82) is 0 Å². The number of amides is 1. The molecular weight excluding hydrogens is 779 g/mol. The molecule has 63 heavy (non-hydrogen) atoms. The van der Waals surface area contributed by atoms with Gasteiger partial charge in [0.1, 0.15) is 6.10 Å². The van der Waals surface area contributed by atoms with E-state index in [1.807, 2.05) is 6.08 Å². The summed E-state index contributed by atoms with van der Waals surface area (Å²) >= 11 is 0. The highest BCUT2D eigenvalue weighted by molar-refractivity contribution is 5.77. The summed E-state index contributed by atoms with van der Waals surface area (Å²) in [4.78, 5) is 26.1. The number of aliphatic hydroxyl groups excluding tert-OH is 2. The second-order valence-corrected chi connectivity index (χ2v) is 17.6. The van der Waals surface area contributed by atoms with E-state index in [0.717, 1.165) is 89.9 Å². The molecule has 3 unspecified atom stereocenters. The third-order valence-electron chi connectivity index (χ3n) is 11.5. The van der Waals surface area contributed by atoms with E-state index < -0.39 is 18.2 Å². The first-order chi connectivity index (χ1) is 31.0. The summed E-state index contributed by atoms with van der Waals surface area (Å²) in [6, 6.07) is -0.727. The van der Waals surface area contributed by atoms with Gasteiger partial charge in [-0.25, -0.2) is 0 Å². The minimum Gasteiger partial charge on any atom is -0.462 e. The molecule has 6 heteroatoms. The molecule has 0 aliphatic carbocycles. The number of esters is 1. The van der Waals surface area contributed by atoms with E-state index in [-0.39, 0.29) is 31.3 Å². The lowest BCUT2D eigenvalue weighted by Gasteiger charge is -2.24. The summed E-state index contributed by atoms with van der Waals surface area (Å²) in [7, 11) is 0. The molecule has 0 aromatic carbocycles. The lowest BCUT2D eigenvalue weighted by atomic mass is 10.0. The summed E-state index contributed by atoms with van der Waals surface area (Å²) in [5.74, 6) is -0.596. The van der Waals surface area contributed by atoms with Crippen molar-refractivity contribution in [2.24, 2.45) is 0 Å². The van der Waals surface area contributed by atoms with Crippen LogP contribution in [0, 0.1) is 0 Å². The fourth-order valence-corrected chi connectivity index (χ4v) is 7.53. The Bertz CT molecular complexity index is 1210. The molecule has 0 fully saturated rings. The number of hydrogen-bond acceptors (Lipinski definition) is 5. The van der Waals surface area contributed by atoms with E-state index in [2.05, 4.69) is 105 Å². The monoisotopic (exact) mass is 878 g/mol. The summed E-state index contributed by atoms with van der Waals surface area (Å²) in [6.45, 7) is 6.32. The number of hydrogen-bond donors (Lipinski definition) is 3. The quantitative estimate of drug-likeness (QED) is 0.0245. The van der Waals surface area contributed by atoms with Crippen LogP contribution in [0.25, 0.3) is 0 Å². The smallest absolute Gasteiger partial charge is 0.306 e. The Morgan fingerprint density at radius 1 is 0.492 bits per heavy atom. The molecule has 3 N–H and O–H groups in total. The van der Waals surface area contributed by atoms with Gasteiger partial charge in [-0.1, -0.05) is 228 Å². The number of carbonyl (C=O) groups excluding carboxylic acids is 2. The van der Waals surface area contributed by atoms with Gasteiger partial charge in [-0.05, 0) is 83.5 Å². The fraction of sp³-hybridized carbons (Fsp3) is 0.719. The zero-order valence-electron chi connectivity index (χ0n) is 41.2. The van der Waals surface area contributed by atoms with Gasteiger partial charge in [-0.15, -0.1) is 0 Å². The largest absolute Gasteiger partial charge is 0.462 e. The molecule has 0 saturated heterocycles. The molecule has 0 radical (unpaired) electrons. The Balaban J connectivity index is 4.69. The van der Waals surface area contributed by atoms with Crippen molar-refractivity contribution in [3.63, 3.8) is 0 Å². The highest BCUT2D eigenvalue weighted by atomic mass is 16.5. The number of nitrogens with one attached hydrogen (secondary N) is 1. The van der Waals surface area contributed by atoms with Gasteiger partial charge >= 0.3 is 5.97 Å². The molecule has 0 aromatic heterocycles. The van der Waals surface area contributed by atoms with Crippen molar-refractivity contribution in [2.75, 3.05) is 6.61 Å². The highest BCUT2D eigenvalue weighted by Gasteiger charge is 2.24. The molecule has 6 nitrogen and oxygen atoms in total. The van der Waals surface area contributed by atoms with Crippen molar-refractivity contribution in [2.45, 2.75) is 257 Å². The molecule has 0 rings (SSSR count). The van der Waals surface area contributed by atoms with Crippen LogP contribution in [0.15, 0.2) is 85.1 Å². The Kier molecular flexibility index (Phi) is 47.7. The van der Waals surface area contributed by atoms with E-state index in [1.54, 1.807) is 0 Å². The van der Waals surface area contributed by atoms with Crippen LogP contribution in [0.5, 0.6) is 0 Å². The van der Waals surface area contributed by atoms with E-state index in [9.17, 15) is 19.8 Å². The molecular formula is C57H99NO5. The summed E-state index contributed by atoms with van der Waals surface area (Å²) in [5, 5.41) is 23.8. The van der Waals surface area contributed by atoms with Gasteiger partial charge in [0.25, 0.3) is 0 Å². The van der Waals surface area contributed by atoms with Crippen LogP contribution >= 0.6 is 0 Å². The van der Waals surface area contributed by atoms with E-state index >= 15 is 0 Å². The third-order valence-corrected chi connectivity index (χ3v) is 11.5. The first kappa shape index (κ1) is 60.0. The van der Waals surface area contributed by atoms with Crippen LogP contribution < -0.4 is 5.32 Å². The summed E-state index contributed by atoms with van der Waals surface area (Å²) in [5.41, 5.74) is 0. The van der Waals surface area contributed by atoms with Crippen LogP contribution in [0.4, 0.5) is 0 Å². The predicted octanol–water partition coefficient (Wildman–Crippen LogP) is 16.0. The van der Waals surface area contributed by atoms with Crippen molar-refractivity contribution >= 4 is 11.9 Å². The molecule has 1 amide bonds. The van der Waals surface area contributed by atoms with Crippen molar-refractivity contribution in [1.82, 2.24) is 5.32 Å². The number of ether oxygens (including phenoxy) is 1. The molecule has 0 bridgehead atoms. The molecule has 362 valence electrons. The maximum atomic E-state index is 13.2. The lowest BCUT2D eigenvalue weighted by Crippen LogP contribution is -2.46. The lowest BCUT2D eigenvalue weighted by molar-refractivity contribution is -0.150. The Hall–Kier alpha value is -2.96. The van der Waals surface area contributed by atoms with Gasteiger partial charge in [-0.2, -0.15) is 0 Å². The van der Waals surface area contributed by atoms with Crippen molar-refractivity contribution < 1.29 is 24.5 Å². The summed E-state index contributed by atoms with van der Waals surface area (Å²) < 4.78 is 5.88. The van der Waals surface area contributed by atoms with Gasteiger partial charge in [0.05, 0.1) is 25.2 Å². The van der Waals surface area contributed by atoms with Crippen LogP contribution in [0.1, 0.15) is 239 Å². The maximum absolute atomic E-state index is 13.2. The number of unbranched alkanes of at least 4 members (excludes halogenated alkanes) is 21. The zero-order chi connectivity index (χ0) is 45.9. The average Bonchev–Trinajstić information content (AvgIpc) is 3.28. The Labute approximate surface area is 389 Å². The Morgan fingerprint density at radius 3 is 1.40 bits per heavy atom. The van der Waals surface area contributed by atoms with Crippen LogP contribution in [0.2, 0.25) is 0 Å². The number of carbonyl (C=O) groups is 2. The SMILES string of the molecule is CC/C=C/C/C=C/C/C=C/C/C=C/C/C=C/CCC(=O)OC(CCCCCC/C=C/C=C/CCCCC)CC(=O)NC(CO)C(O)CCCCCCCCCCCCCCCCC. The number of rotatable bonds is 46. The molecule has 0 spiro atoms. The molecule has 0 heterocycles. The minimum atomic E-state index is -0.809. The average molecular weight is 878 g/mol. The highest BCUT2D eigenvalue weighted by Crippen LogP contribution is 2.17. The van der Waals surface area contributed by atoms with Crippen LogP contribution in [-0.2, 0) is 14.3 Å². The standard InChI is InChI=1S/C57H99NO5/c1-4-7-10-13-16-19-22-25-27-29-32-35-38-41-44-47-50-57(62)63-53(48-45-42-39-36-33-30-24-21-18-15-12-9-6-3)51-56(61)58-54(52-59)55(60)49-46-43-40-37-34-31-28-26-23-20-17-14-11-8-5-2/h7,10,16,18-19,21,24-25,27,30,32,35,41,44,53-55,59-60H,4-6,8-9,11-15,17,20,22-23,26,28-29,31,33-34,36-40,42-43,45-52H2,1-3H3,(H,58,61)/b10-7+,19-16+,21-18+,27-25+,30-24+,35-32+,44-41+. The number of allylic oxidation sites excluding steroid dienone is 14. The zero-order valence-corrected chi connectivity index (χ0v) is 41.2. The second kappa shape index (κ2) is 50.0. The predicted molar refractivity (Wildman–Crippen MR) is 273 cm³/mol. The van der Waals surface area contributed by atoms with Gasteiger partial charge < -0.3 is 20.3 Å². The summed E-state index contributed by atoms with van der Waals surface area (Å²) in [6.07, 6.45) is 65.1. The fourth-order valence-electron chi connectivity index (χ4n) is 7.53. The Morgan fingerprint density at radius 2 is 0.905 bits per heavy atom. The number of aliphatic hydroxyl groups is 2. The van der Waals surface area contributed by atoms with E-state index in [0.29, 0.717) is 19.3 Å². The molecule has 0 aromatic rings. The van der Waals surface area contributed by atoms with Crippen LogP contribution in [0.3, 0.4) is 0 Å². The van der Waals surface area contributed by atoms with Crippen molar-refractivity contribution in [3.8, 4) is 0 Å². The first-order valence-electron chi connectivity index (χ1n) is 26.3. The van der Waals surface area contributed by atoms with Gasteiger partial charge in [0, 0.05) is 6.42 Å².